The monoisotopic (exact) mass is 516 g/mol. The fraction of sp³-hybridized carbons (Fsp3) is 0.238. The van der Waals surface area contributed by atoms with Gasteiger partial charge in [0.05, 0.1) is 31.0 Å². The molecule has 0 aliphatic carbocycles. The van der Waals surface area contributed by atoms with Gasteiger partial charge >= 0.3 is 6.18 Å². The second-order valence-corrected chi connectivity index (χ2v) is 7.52. The van der Waals surface area contributed by atoms with Crippen LogP contribution in [0, 0.1) is 0 Å². The van der Waals surface area contributed by atoms with Gasteiger partial charge in [-0.05, 0) is 6.92 Å². The highest BCUT2D eigenvalue weighted by atomic mass is 19.4. The van der Waals surface area contributed by atoms with Crippen molar-refractivity contribution in [3.63, 3.8) is 0 Å². The first-order valence-electron chi connectivity index (χ1n) is 10.6. The summed E-state index contributed by atoms with van der Waals surface area (Å²) < 4.78 is 44.3. The van der Waals surface area contributed by atoms with Crippen LogP contribution in [0.3, 0.4) is 0 Å². The van der Waals surface area contributed by atoms with Gasteiger partial charge in [0.1, 0.15) is 18.0 Å². The number of hydrogen-bond acceptors (Lipinski definition) is 10. The van der Waals surface area contributed by atoms with E-state index < -0.39 is 29.9 Å². The summed E-state index contributed by atoms with van der Waals surface area (Å²) in [7, 11) is 1.58. The van der Waals surface area contributed by atoms with E-state index in [4.69, 9.17) is 4.52 Å². The maximum Gasteiger partial charge on any atom is 0.451 e. The molecule has 0 aliphatic heterocycles. The summed E-state index contributed by atoms with van der Waals surface area (Å²) in [6.45, 7) is 1.64. The molecular weight excluding hydrogens is 497 g/mol. The van der Waals surface area contributed by atoms with Gasteiger partial charge in [-0.25, -0.2) is 19.9 Å². The van der Waals surface area contributed by atoms with Crippen molar-refractivity contribution in [3.05, 3.63) is 60.7 Å². The topological polar surface area (TPSA) is 166 Å². The molecule has 0 unspecified atom stereocenters. The maximum absolute atomic E-state index is 13.0. The number of anilines is 2. The lowest BCUT2D eigenvalue weighted by Crippen LogP contribution is -2.30. The minimum absolute atomic E-state index is 0.0280. The van der Waals surface area contributed by atoms with Crippen molar-refractivity contribution < 1.29 is 27.3 Å². The van der Waals surface area contributed by atoms with Crippen molar-refractivity contribution in [2.45, 2.75) is 25.7 Å². The molecule has 4 heterocycles. The van der Waals surface area contributed by atoms with E-state index in [1.165, 1.54) is 29.6 Å². The van der Waals surface area contributed by atoms with Gasteiger partial charge in [0.25, 0.3) is 5.91 Å². The van der Waals surface area contributed by atoms with Crippen LogP contribution in [0.25, 0.3) is 11.3 Å². The molecule has 4 aromatic rings. The first-order valence-corrected chi connectivity index (χ1v) is 10.6. The molecule has 0 aromatic carbocycles. The van der Waals surface area contributed by atoms with Crippen LogP contribution in [0.4, 0.5) is 24.8 Å². The van der Waals surface area contributed by atoms with Gasteiger partial charge in [-0.1, -0.05) is 5.16 Å². The largest absolute Gasteiger partial charge is 0.451 e. The lowest BCUT2D eigenvalue weighted by atomic mass is 10.2. The van der Waals surface area contributed by atoms with Gasteiger partial charge < -0.3 is 25.0 Å². The van der Waals surface area contributed by atoms with Gasteiger partial charge in [0.15, 0.2) is 17.3 Å². The third kappa shape index (κ3) is 5.68. The Morgan fingerprint density at radius 3 is 2.54 bits per heavy atom. The summed E-state index contributed by atoms with van der Waals surface area (Å²) in [4.78, 5) is 44.8. The Morgan fingerprint density at radius 1 is 1.14 bits per heavy atom. The fourth-order valence-electron chi connectivity index (χ4n) is 3.17. The van der Waals surface area contributed by atoms with Gasteiger partial charge in [-0.3, -0.25) is 14.6 Å². The normalized spacial score (nSPS) is 12.1. The number of alkyl halides is 3. The minimum Gasteiger partial charge on any atom is -0.371 e. The molecule has 4 aromatic heterocycles. The van der Waals surface area contributed by atoms with Crippen LogP contribution in [-0.2, 0) is 17.5 Å². The van der Waals surface area contributed by atoms with Crippen molar-refractivity contribution in [3.8, 4) is 11.3 Å². The Morgan fingerprint density at radius 2 is 1.89 bits per heavy atom. The Hall–Kier alpha value is -4.89. The van der Waals surface area contributed by atoms with E-state index in [1.807, 2.05) is 0 Å². The van der Waals surface area contributed by atoms with Crippen LogP contribution < -0.4 is 16.0 Å². The molecule has 0 radical (unpaired) electrons. The molecule has 1 atom stereocenters. The van der Waals surface area contributed by atoms with Crippen molar-refractivity contribution in [1.82, 2.24) is 40.0 Å². The Labute approximate surface area is 206 Å². The fourth-order valence-corrected chi connectivity index (χ4v) is 3.17. The first-order chi connectivity index (χ1) is 17.7. The molecule has 0 saturated carbocycles. The molecule has 13 nitrogen and oxygen atoms in total. The number of hydrogen-bond donors (Lipinski definition) is 3. The van der Waals surface area contributed by atoms with Gasteiger partial charge in [0, 0.05) is 31.1 Å². The van der Waals surface area contributed by atoms with Crippen LogP contribution in [0.2, 0.25) is 0 Å². The average Bonchev–Trinajstić information content (AvgIpc) is 3.56. The Balaban J connectivity index is 1.49. The quantitative estimate of drug-likeness (QED) is 0.316. The molecular formula is C21H19F3N10O3. The molecule has 0 aliphatic rings. The average molecular weight is 516 g/mol. The van der Waals surface area contributed by atoms with Crippen LogP contribution in [0.15, 0.2) is 48.0 Å². The number of carbonyl (C=O) groups excluding carboxylic acids is 2. The number of rotatable bonds is 8. The van der Waals surface area contributed by atoms with E-state index in [2.05, 4.69) is 46.0 Å². The van der Waals surface area contributed by atoms with Crippen molar-refractivity contribution in [1.29, 1.82) is 0 Å². The minimum atomic E-state index is -4.68. The van der Waals surface area contributed by atoms with Gasteiger partial charge in [0.2, 0.25) is 11.7 Å². The van der Waals surface area contributed by atoms with E-state index in [0.29, 0.717) is 5.69 Å². The molecule has 192 valence electrons. The van der Waals surface area contributed by atoms with E-state index in [0.717, 1.165) is 12.4 Å². The lowest BCUT2D eigenvalue weighted by Gasteiger charge is -2.16. The SMILES string of the molecule is CNc1ncn([C@@H](C)C(=O)Nc2cncc(-c3cnc(C(F)(F)F)nc3)n2)c1C(=O)NCc1ccon1. The van der Waals surface area contributed by atoms with E-state index in [9.17, 15) is 22.8 Å². The van der Waals surface area contributed by atoms with Crippen LogP contribution in [0.5, 0.6) is 0 Å². The number of carbonyl (C=O) groups is 2. The summed E-state index contributed by atoms with van der Waals surface area (Å²) in [5.74, 6) is -2.07. The Bertz CT molecular complexity index is 1390. The van der Waals surface area contributed by atoms with Crippen LogP contribution in [0.1, 0.15) is 35.0 Å². The summed E-state index contributed by atoms with van der Waals surface area (Å²) in [5, 5.41) is 11.8. The zero-order valence-electron chi connectivity index (χ0n) is 19.3. The molecule has 2 amide bonds. The van der Waals surface area contributed by atoms with E-state index >= 15 is 0 Å². The van der Waals surface area contributed by atoms with Gasteiger partial charge in [-0.15, -0.1) is 0 Å². The van der Waals surface area contributed by atoms with Crippen LogP contribution >= 0.6 is 0 Å². The number of amides is 2. The van der Waals surface area contributed by atoms with Crippen molar-refractivity contribution in [2.24, 2.45) is 0 Å². The second-order valence-electron chi connectivity index (χ2n) is 7.52. The predicted molar refractivity (Wildman–Crippen MR) is 121 cm³/mol. The number of imidazole rings is 1. The molecule has 37 heavy (non-hydrogen) atoms. The highest BCUT2D eigenvalue weighted by Crippen LogP contribution is 2.27. The molecule has 4 rings (SSSR count). The molecule has 0 spiro atoms. The predicted octanol–water partition coefficient (Wildman–Crippen LogP) is 2.31. The molecule has 0 bridgehead atoms. The molecule has 0 fully saturated rings. The number of aromatic nitrogens is 7. The maximum atomic E-state index is 13.0. The smallest absolute Gasteiger partial charge is 0.371 e. The van der Waals surface area contributed by atoms with E-state index in [-0.39, 0.29) is 35.1 Å². The highest BCUT2D eigenvalue weighted by molar-refractivity contribution is 5.99. The summed E-state index contributed by atoms with van der Waals surface area (Å²) >= 11 is 0. The highest BCUT2D eigenvalue weighted by Gasteiger charge is 2.34. The third-order valence-corrected chi connectivity index (χ3v) is 5.05. The standard InChI is InChI=1S/C21H19F3N10O3/c1-11(34-10-30-17(25-2)16(34)19(36)27-7-13-3-4-37-33-13)18(35)32-15-9-26-8-14(31-15)12-5-28-20(29-6-12)21(22,23)24/h3-6,8-11,25H,7H2,1-2H3,(H,27,36)(H,31,32,35)/t11-/m0/s1. The number of halogens is 3. The molecule has 0 saturated heterocycles. The number of nitrogens with zero attached hydrogens (tertiary/aromatic N) is 7. The summed E-state index contributed by atoms with van der Waals surface area (Å²) in [6.07, 6.45) is 2.51. The van der Waals surface area contributed by atoms with Crippen LogP contribution in [-0.4, -0.2) is 53.5 Å². The summed E-state index contributed by atoms with van der Waals surface area (Å²) in [6, 6.07) is 0.681. The van der Waals surface area contributed by atoms with Crippen molar-refractivity contribution in [2.75, 3.05) is 17.7 Å². The number of nitrogens with one attached hydrogen (secondary N) is 3. The van der Waals surface area contributed by atoms with Gasteiger partial charge in [-0.2, -0.15) is 13.2 Å². The lowest BCUT2D eigenvalue weighted by molar-refractivity contribution is -0.145. The zero-order chi connectivity index (χ0) is 26.6. The second kappa shape index (κ2) is 10.4. The first kappa shape index (κ1) is 25.2. The summed E-state index contributed by atoms with van der Waals surface area (Å²) in [5.41, 5.74) is 0.930. The van der Waals surface area contributed by atoms with E-state index in [1.54, 1.807) is 20.0 Å². The van der Waals surface area contributed by atoms with Crippen molar-refractivity contribution >= 4 is 23.5 Å². The molecule has 16 heteroatoms. The Kier molecular flexibility index (Phi) is 7.08. The molecule has 3 N–H and O–H groups in total. The third-order valence-electron chi connectivity index (χ3n) is 5.05. The zero-order valence-corrected chi connectivity index (χ0v) is 19.3.